The van der Waals surface area contributed by atoms with Gasteiger partial charge < -0.3 is 15.1 Å². The number of halogens is 3. The number of nitrogens with zero attached hydrogens (tertiary/aromatic N) is 5. The van der Waals surface area contributed by atoms with Crippen molar-refractivity contribution in [3.8, 4) is 0 Å². The van der Waals surface area contributed by atoms with Gasteiger partial charge in [-0.2, -0.15) is 17.5 Å². The Morgan fingerprint density at radius 2 is 1.67 bits per heavy atom. The van der Waals surface area contributed by atoms with E-state index in [2.05, 4.69) is 27.1 Å². The van der Waals surface area contributed by atoms with Gasteiger partial charge in [-0.05, 0) is 63.1 Å². The van der Waals surface area contributed by atoms with Gasteiger partial charge in [0.25, 0.3) is 5.91 Å². The highest BCUT2D eigenvalue weighted by atomic mass is 32.2. The molecule has 0 spiro atoms. The number of likely N-dealkylation sites (tertiary alicyclic amines) is 1. The number of aromatic nitrogens is 1. The molecule has 0 aliphatic carbocycles. The lowest BCUT2D eigenvalue weighted by Crippen LogP contribution is -2.64. The molecule has 1 aromatic carbocycles. The fraction of sp³-hybridized carbons (Fsp3) is 0.581. The Morgan fingerprint density at radius 1 is 0.978 bits per heavy atom. The molecule has 5 rings (SSSR count). The molecule has 3 saturated heterocycles. The number of piperidine rings is 2. The first-order chi connectivity index (χ1) is 21.4. The van der Waals surface area contributed by atoms with E-state index in [-0.39, 0.29) is 30.3 Å². The molecule has 1 aromatic heterocycles. The monoisotopic (exact) mass is 650 g/mol. The molecule has 3 fully saturated rings. The highest BCUT2D eigenvalue weighted by Gasteiger charge is 2.43. The molecule has 14 heteroatoms. The summed E-state index contributed by atoms with van der Waals surface area (Å²) in [4.78, 5) is 36.5. The van der Waals surface area contributed by atoms with Crippen molar-refractivity contribution in [2.75, 3.05) is 59.4 Å². The first-order valence-electron chi connectivity index (χ1n) is 15.5. The molecule has 45 heavy (non-hydrogen) atoms. The summed E-state index contributed by atoms with van der Waals surface area (Å²) in [6, 6.07) is 6.49. The SMILES string of the molecule is CN1CCN(C2(CNC(=O)c3ccncc3)CCN(C(=O)CC3CCCCN3S(=O)(=O)c3cccc(C(F)(F)F)c3)CC2)CC1. The number of carbonyl (C=O) groups excluding carboxylic acids is 2. The number of pyridine rings is 1. The van der Waals surface area contributed by atoms with Gasteiger partial charge in [0.2, 0.25) is 15.9 Å². The second-order valence-corrected chi connectivity index (χ2v) is 14.2. The second kappa shape index (κ2) is 13.7. The van der Waals surface area contributed by atoms with E-state index in [9.17, 15) is 31.2 Å². The molecular weight excluding hydrogens is 609 g/mol. The van der Waals surface area contributed by atoms with E-state index >= 15 is 0 Å². The molecule has 1 N–H and O–H groups in total. The van der Waals surface area contributed by atoms with Crippen molar-refractivity contribution in [3.63, 3.8) is 0 Å². The maximum atomic E-state index is 13.6. The predicted octanol–water partition coefficient (Wildman–Crippen LogP) is 3.07. The highest BCUT2D eigenvalue weighted by Crippen LogP contribution is 2.34. The molecule has 3 aliphatic heterocycles. The molecule has 1 atom stereocenters. The maximum Gasteiger partial charge on any atom is 0.416 e. The molecule has 246 valence electrons. The van der Waals surface area contributed by atoms with Crippen LogP contribution in [0.3, 0.4) is 0 Å². The topological polar surface area (TPSA) is 106 Å². The molecule has 1 unspecified atom stereocenters. The lowest BCUT2D eigenvalue weighted by atomic mass is 9.84. The van der Waals surface area contributed by atoms with Crippen molar-refractivity contribution in [2.24, 2.45) is 0 Å². The van der Waals surface area contributed by atoms with Crippen molar-refractivity contribution in [3.05, 3.63) is 59.9 Å². The molecule has 3 aliphatic rings. The lowest BCUT2D eigenvalue weighted by molar-refractivity contribution is -0.138. The summed E-state index contributed by atoms with van der Waals surface area (Å²) in [5.74, 6) is -0.345. The maximum absolute atomic E-state index is 13.6. The van der Waals surface area contributed by atoms with Gasteiger partial charge in [0.15, 0.2) is 0 Å². The summed E-state index contributed by atoms with van der Waals surface area (Å²) in [5, 5.41) is 3.11. The highest BCUT2D eigenvalue weighted by molar-refractivity contribution is 7.89. The van der Waals surface area contributed by atoms with Crippen LogP contribution in [-0.2, 0) is 21.0 Å². The zero-order chi connectivity index (χ0) is 32.2. The number of benzene rings is 1. The van der Waals surface area contributed by atoms with Gasteiger partial charge >= 0.3 is 6.18 Å². The van der Waals surface area contributed by atoms with Crippen LogP contribution in [0.25, 0.3) is 0 Å². The molecule has 2 amide bonds. The van der Waals surface area contributed by atoms with Crippen molar-refractivity contribution in [1.29, 1.82) is 0 Å². The third-order valence-corrected chi connectivity index (χ3v) is 11.4. The Hall–Kier alpha value is -3.07. The van der Waals surface area contributed by atoms with Crippen LogP contribution in [0.15, 0.2) is 53.7 Å². The number of likely N-dealkylation sites (N-methyl/N-ethyl adjacent to an activating group) is 1. The zero-order valence-corrected chi connectivity index (χ0v) is 26.3. The minimum atomic E-state index is -4.67. The van der Waals surface area contributed by atoms with Gasteiger partial charge in [0, 0.05) is 88.3 Å². The summed E-state index contributed by atoms with van der Waals surface area (Å²) in [6.45, 7) is 5.01. The average Bonchev–Trinajstić information content (AvgIpc) is 3.04. The Balaban J connectivity index is 1.26. The van der Waals surface area contributed by atoms with Crippen LogP contribution in [0.1, 0.15) is 54.4 Å². The van der Waals surface area contributed by atoms with Crippen LogP contribution in [0.4, 0.5) is 13.2 Å². The third kappa shape index (κ3) is 7.67. The Morgan fingerprint density at radius 3 is 2.33 bits per heavy atom. The molecule has 10 nitrogen and oxygen atoms in total. The molecule has 0 bridgehead atoms. The fourth-order valence-electron chi connectivity index (χ4n) is 6.70. The Bertz CT molecular complexity index is 1440. The summed E-state index contributed by atoms with van der Waals surface area (Å²) in [7, 11) is -2.16. The molecule has 4 heterocycles. The van der Waals surface area contributed by atoms with Gasteiger partial charge in [0.05, 0.1) is 10.5 Å². The van der Waals surface area contributed by atoms with E-state index in [4.69, 9.17) is 0 Å². The van der Waals surface area contributed by atoms with Crippen LogP contribution < -0.4 is 5.32 Å². The standard InChI is InChI=1S/C31H41F3N6O4S/c1-37-17-19-39(20-18-37)30(23-36-29(42)24-8-12-35-13-9-24)10-15-38(16-11-30)28(41)22-26-6-2-3-14-40(26)45(43,44)27-7-4-5-25(21-27)31(32,33)34/h4-5,7-9,12-13,21,26H,2-3,6,10-11,14-20,22-23H2,1H3,(H,36,42). The molecular formula is C31H41F3N6O4S. The van der Waals surface area contributed by atoms with Crippen LogP contribution in [0, 0.1) is 0 Å². The lowest BCUT2D eigenvalue weighted by Gasteiger charge is -2.51. The van der Waals surface area contributed by atoms with Crippen molar-refractivity contribution in [1.82, 2.24) is 29.3 Å². The quantitative estimate of drug-likeness (QED) is 0.468. The third-order valence-electron chi connectivity index (χ3n) is 9.49. The normalized spacial score (nSPS) is 22.2. The van der Waals surface area contributed by atoms with E-state index in [1.807, 2.05) is 0 Å². The summed E-state index contributed by atoms with van der Waals surface area (Å²) < 4.78 is 68.3. The largest absolute Gasteiger partial charge is 0.416 e. The van der Waals surface area contributed by atoms with Crippen LogP contribution in [0.5, 0.6) is 0 Å². The molecule has 0 saturated carbocycles. The van der Waals surface area contributed by atoms with Gasteiger partial charge in [0.1, 0.15) is 0 Å². The predicted molar refractivity (Wildman–Crippen MR) is 162 cm³/mol. The van der Waals surface area contributed by atoms with Gasteiger partial charge in [-0.25, -0.2) is 8.42 Å². The van der Waals surface area contributed by atoms with Gasteiger partial charge in [-0.3, -0.25) is 19.5 Å². The Labute approximate surface area is 262 Å². The van der Waals surface area contributed by atoms with Crippen LogP contribution >= 0.6 is 0 Å². The number of rotatable bonds is 8. The van der Waals surface area contributed by atoms with Crippen LogP contribution in [-0.4, -0.2) is 115 Å². The number of sulfonamides is 1. The number of hydrogen-bond donors (Lipinski definition) is 1. The summed E-state index contributed by atoms with van der Waals surface area (Å²) in [5.41, 5.74) is -0.824. The van der Waals surface area contributed by atoms with Crippen molar-refractivity contribution in [2.45, 2.75) is 61.2 Å². The number of amides is 2. The second-order valence-electron chi connectivity index (χ2n) is 12.3. The first kappa shape index (κ1) is 33.3. The van der Waals surface area contributed by atoms with Gasteiger partial charge in [-0.1, -0.05) is 12.5 Å². The number of hydrogen-bond acceptors (Lipinski definition) is 7. The zero-order valence-electron chi connectivity index (χ0n) is 25.5. The van der Waals surface area contributed by atoms with Crippen LogP contribution in [0.2, 0.25) is 0 Å². The summed E-state index contributed by atoms with van der Waals surface area (Å²) >= 11 is 0. The van der Waals surface area contributed by atoms with E-state index in [1.165, 1.54) is 10.4 Å². The minimum Gasteiger partial charge on any atom is -0.350 e. The Kier molecular flexibility index (Phi) is 10.2. The van der Waals surface area contributed by atoms with Gasteiger partial charge in [-0.15, -0.1) is 0 Å². The molecule has 2 aromatic rings. The van der Waals surface area contributed by atoms with Crippen molar-refractivity contribution >= 4 is 21.8 Å². The smallest absolute Gasteiger partial charge is 0.350 e. The van der Waals surface area contributed by atoms with E-state index in [0.717, 1.165) is 44.7 Å². The van der Waals surface area contributed by atoms with Crippen molar-refractivity contribution < 1.29 is 31.2 Å². The number of piperazine rings is 1. The first-order valence-corrected chi connectivity index (χ1v) is 16.9. The van der Waals surface area contributed by atoms with E-state index in [1.54, 1.807) is 29.4 Å². The van der Waals surface area contributed by atoms with E-state index < -0.39 is 32.7 Å². The summed E-state index contributed by atoms with van der Waals surface area (Å²) in [6.07, 6.45) is 1.52. The fourth-order valence-corrected chi connectivity index (χ4v) is 8.44. The number of carbonyl (C=O) groups is 2. The van der Waals surface area contributed by atoms with E-state index in [0.29, 0.717) is 56.9 Å². The molecule has 0 radical (unpaired) electrons. The average molecular weight is 651 g/mol. The number of nitrogens with one attached hydrogen (secondary N) is 1. The minimum absolute atomic E-state index is 0.0293. The number of alkyl halides is 3.